The Labute approximate surface area is 205 Å². The van der Waals surface area contributed by atoms with Crippen molar-refractivity contribution in [1.29, 1.82) is 0 Å². The van der Waals surface area contributed by atoms with Gasteiger partial charge in [-0.3, -0.25) is 14.0 Å². The van der Waals surface area contributed by atoms with E-state index < -0.39 is 0 Å². The molecule has 2 N–H and O–H groups in total. The molecule has 2 aromatic heterocycles. The minimum absolute atomic E-state index is 0.124. The largest absolute Gasteiger partial charge is 0.486 e. The number of carbonyl (C=O) groups excluding carboxylic acids is 2. The average Bonchev–Trinajstić information content (AvgIpc) is 3.29. The molecule has 178 valence electrons. The van der Waals surface area contributed by atoms with E-state index >= 15 is 0 Å². The van der Waals surface area contributed by atoms with Gasteiger partial charge in [0.2, 0.25) is 5.91 Å². The van der Waals surface area contributed by atoms with Crippen LogP contribution in [0.4, 0.5) is 5.69 Å². The van der Waals surface area contributed by atoms with Gasteiger partial charge in [0.25, 0.3) is 5.91 Å². The van der Waals surface area contributed by atoms with Crippen LogP contribution in [0.2, 0.25) is 0 Å². The fourth-order valence-corrected chi connectivity index (χ4v) is 4.26. The number of thioether (sulfide) groups is 1. The summed E-state index contributed by atoms with van der Waals surface area (Å²) in [5.41, 5.74) is 3.89. The Morgan fingerprint density at radius 1 is 1.00 bits per heavy atom. The number of fused-ring (bicyclic) bond motifs is 2. The number of nitrogens with zero attached hydrogens (tertiary/aromatic N) is 3. The van der Waals surface area contributed by atoms with Crippen LogP contribution in [0, 0.1) is 6.92 Å². The van der Waals surface area contributed by atoms with Gasteiger partial charge in [0.1, 0.15) is 13.2 Å². The molecule has 1 aliphatic rings. The number of hydrogen-bond donors (Lipinski definition) is 2. The van der Waals surface area contributed by atoms with E-state index in [2.05, 4.69) is 20.8 Å². The number of hydrogen-bond acceptors (Lipinski definition) is 7. The number of aryl methyl sites for hydroxylation is 1. The minimum atomic E-state index is -0.200. The summed E-state index contributed by atoms with van der Waals surface area (Å²) in [4.78, 5) is 25.2. The zero-order chi connectivity index (χ0) is 24.2. The van der Waals surface area contributed by atoms with Gasteiger partial charge in [0.05, 0.1) is 11.3 Å². The summed E-state index contributed by atoms with van der Waals surface area (Å²) in [6.07, 6.45) is 1.68. The summed E-state index contributed by atoms with van der Waals surface area (Å²) in [5, 5.41) is 14.6. The number of nitrogens with one attached hydrogen (secondary N) is 2. The topological polar surface area (TPSA) is 107 Å². The van der Waals surface area contributed by atoms with Gasteiger partial charge >= 0.3 is 0 Å². The molecule has 3 heterocycles. The van der Waals surface area contributed by atoms with E-state index in [9.17, 15) is 9.59 Å². The third kappa shape index (κ3) is 5.38. The predicted octanol–water partition coefficient (Wildman–Crippen LogP) is 3.47. The zero-order valence-corrected chi connectivity index (χ0v) is 19.8. The van der Waals surface area contributed by atoms with Crippen molar-refractivity contribution in [2.75, 3.05) is 24.3 Å². The quantitative estimate of drug-likeness (QED) is 0.383. The lowest BCUT2D eigenvalue weighted by atomic mass is 10.1. The van der Waals surface area contributed by atoms with Crippen molar-refractivity contribution in [3.8, 4) is 11.5 Å². The number of carbonyl (C=O) groups is 2. The van der Waals surface area contributed by atoms with Gasteiger partial charge in [-0.1, -0.05) is 41.6 Å². The third-order valence-electron chi connectivity index (χ3n) is 5.37. The van der Waals surface area contributed by atoms with Crippen LogP contribution >= 0.6 is 11.8 Å². The number of aromatic nitrogens is 3. The number of ether oxygens (including phenoxy) is 2. The number of amides is 2. The van der Waals surface area contributed by atoms with E-state index in [-0.39, 0.29) is 17.6 Å². The molecule has 0 saturated heterocycles. The molecule has 10 heteroatoms. The van der Waals surface area contributed by atoms with Crippen LogP contribution < -0.4 is 20.1 Å². The molecule has 0 bridgehead atoms. The minimum Gasteiger partial charge on any atom is -0.486 e. The maximum atomic E-state index is 12.7. The Kier molecular flexibility index (Phi) is 6.53. The predicted molar refractivity (Wildman–Crippen MR) is 132 cm³/mol. The fourth-order valence-electron chi connectivity index (χ4n) is 3.54. The first-order chi connectivity index (χ1) is 17.0. The highest BCUT2D eigenvalue weighted by Crippen LogP contribution is 2.32. The van der Waals surface area contributed by atoms with Crippen molar-refractivity contribution in [1.82, 2.24) is 19.9 Å². The highest BCUT2D eigenvalue weighted by atomic mass is 32.2. The van der Waals surface area contributed by atoms with Crippen molar-refractivity contribution < 1.29 is 19.1 Å². The first-order valence-electron chi connectivity index (χ1n) is 11.1. The first-order valence-corrected chi connectivity index (χ1v) is 12.0. The molecule has 0 unspecified atom stereocenters. The van der Waals surface area contributed by atoms with Gasteiger partial charge < -0.3 is 20.1 Å². The molecule has 9 nitrogen and oxygen atoms in total. The van der Waals surface area contributed by atoms with E-state index in [4.69, 9.17) is 9.47 Å². The maximum absolute atomic E-state index is 12.7. The van der Waals surface area contributed by atoms with Gasteiger partial charge in [0, 0.05) is 24.5 Å². The maximum Gasteiger partial charge on any atom is 0.253 e. The first kappa shape index (κ1) is 22.7. The number of rotatable bonds is 7. The summed E-state index contributed by atoms with van der Waals surface area (Å²) < 4.78 is 12.8. The average molecular weight is 490 g/mol. The lowest BCUT2D eigenvalue weighted by Crippen LogP contribution is -2.23. The Morgan fingerprint density at radius 3 is 2.63 bits per heavy atom. The molecule has 0 spiro atoms. The van der Waals surface area contributed by atoms with E-state index in [0.29, 0.717) is 53.3 Å². The van der Waals surface area contributed by atoms with Crippen molar-refractivity contribution in [2.45, 2.75) is 18.6 Å². The van der Waals surface area contributed by atoms with Gasteiger partial charge in [-0.15, -0.1) is 10.2 Å². The molecule has 35 heavy (non-hydrogen) atoms. The Bertz CT molecular complexity index is 1390. The molecule has 4 aromatic rings. The molecule has 2 aromatic carbocycles. The van der Waals surface area contributed by atoms with Crippen LogP contribution in [0.1, 0.15) is 21.5 Å². The highest BCUT2D eigenvalue weighted by molar-refractivity contribution is 7.99. The monoisotopic (exact) mass is 489 g/mol. The second-order valence-corrected chi connectivity index (χ2v) is 8.93. The van der Waals surface area contributed by atoms with Gasteiger partial charge in [-0.05, 0) is 36.8 Å². The third-order valence-corrected chi connectivity index (χ3v) is 6.31. The smallest absolute Gasteiger partial charge is 0.253 e. The van der Waals surface area contributed by atoms with Gasteiger partial charge in [0.15, 0.2) is 22.3 Å². The van der Waals surface area contributed by atoms with Crippen molar-refractivity contribution >= 4 is 34.9 Å². The zero-order valence-electron chi connectivity index (χ0n) is 19.0. The van der Waals surface area contributed by atoms with Crippen LogP contribution in [0.15, 0.2) is 66.0 Å². The van der Waals surface area contributed by atoms with Crippen molar-refractivity contribution in [3.63, 3.8) is 0 Å². The second-order valence-electron chi connectivity index (χ2n) is 7.99. The molecule has 0 aliphatic carbocycles. The van der Waals surface area contributed by atoms with E-state index in [1.807, 2.05) is 31.2 Å². The van der Waals surface area contributed by atoms with E-state index in [1.54, 1.807) is 40.9 Å². The van der Waals surface area contributed by atoms with E-state index in [0.717, 1.165) is 5.56 Å². The molecular formula is C25H23N5O4S. The lowest BCUT2D eigenvalue weighted by Gasteiger charge is -2.18. The lowest BCUT2D eigenvalue weighted by molar-refractivity contribution is -0.113. The molecule has 5 rings (SSSR count). The Morgan fingerprint density at radius 2 is 1.80 bits per heavy atom. The summed E-state index contributed by atoms with van der Waals surface area (Å²) in [7, 11) is 0. The van der Waals surface area contributed by atoms with Gasteiger partial charge in [-0.25, -0.2) is 0 Å². The van der Waals surface area contributed by atoms with Crippen molar-refractivity contribution in [2.24, 2.45) is 0 Å². The molecule has 0 atom stereocenters. The Hall–Kier alpha value is -4.05. The summed E-state index contributed by atoms with van der Waals surface area (Å²) >= 11 is 1.23. The standard InChI is InChI=1S/C25H23N5O4S/c1-16-2-4-17(5-3-16)13-26-24(32)18-6-9-22-28-29-25(30(22)14-18)35-15-23(31)27-19-7-8-20-21(12-19)34-11-10-33-20/h2-9,12,14H,10-11,13,15H2,1H3,(H,26,32)(H,27,31). The van der Waals surface area contributed by atoms with Crippen LogP contribution in [0.3, 0.4) is 0 Å². The van der Waals surface area contributed by atoms with Crippen LogP contribution in [0.5, 0.6) is 11.5 Å². The Balaban J connectivity index is 1.21. The number of pyridine rings is 1. The normalized spacial score (nSPS) is 12.4. The van der Waals surface area contributed by atoms with Crippen molar-refractivity contribution in [3.05, 3.63) is 77.5 Å². The number of anilines is 1. The van der Waals surface area contributed by atoms with Gasteiger partial charge in [-0.2, -0.15) is 0 Å². The van der Waals surface area contributed by atoms with Crippen LogP contribution in [-0.4, -0.2) is 45.4 Å². The van der Waals surface area contributed by atoms with Crippen LogP contribution in [-0.2, 0) is 11.3 Å². The molecular weight excluding hydrogens is 466 g/mol. The SMILES string of the molecule is Cc1ccc(CNC(=O)c2ccc3nnc(SCC(=O)Nc4ccc5c(c4)OCCO5)n3c2)cc1. The number of benzene rings is 2. The molecule has 0 radical (unpaired) electrons. The molecule has 1 aliphatic heterocycles. The van der Waals surface area contributed by atoms with Crippen LogP contribution in [0.25, 0.3) is 5.65 Å². The van der Waals surface area contributed by atoms with E-state index in [1.165, 1.54) is 17.3 Å². The molecule has 2 amide bonds. The fraction of sp³-hybridized carbons (Fsp3) is 0.200. The highest BCUT2D eigenvalue weighted by Gasteiger charge is 2.15. The summed E-state index contributed by atoms with van der Waals surface area (Å²) in [6, 6.07) is 16.7. The summed E-state index contributed by atoms with van der Waals surface area (Å²) in [5.74, 6) is 0.999. The molecule has 0 fully saturated rings. The summed E-state index contributed by atoms with van der Waals surface area (Å²) in [6.45, 7) is 3.44. The second kappa shape index (κ2) is 10.1. The molecule has 0 saturated carbocycles.